The average molecular weight is 347 g/mol. The predicted molar refractivity (Wildman–Crippen MR) is 89.0 cm³/mol. The Balaban J connectivity index is 2.04. The van der Waals surface area contributed by atoms with Crippen LogP contribution >= 0.6 is 11.6 Å². The third kappa shape index (κ3) is 4.13. The van der Waals surface area contributed by atoms with Crippen molar-refractivity contribution in [2.75, 3.05) is 26.5 Å². The minimum absolute atomic E-state index is 0.0163. The van der Waals surface area contributed by atoms with E-state index in [1.54, 1.807) is 17.5 Å². The molecule has 1 aromatic carbocycles. The van der Waals surface area contributed by atoms with Crippen LogP contribution in [-0.4, -0.2) is 45.2 Å². The molecule has 0 spiro atoms. The fourth-order valence-corrected chi connectivity index (χ4v) is 4.28. The Morgan fingerprint density at radius 3 is 2.86 bits per heavy atom. The molecule has 5 nitrogen and oxygen atoms in total. The molecule has 1 aromatic rings. The quantitative estimate of drug-likeness (QED) is 0.859. The minimum atomic E-state index is -3.14. The predicted octanol–water partition coefficient (Wildman–Crippen LogP) is 2.42. The Labute approximate surface area is 137 Å². The van der Waals surface area contributed by atoms with Gasteiger partial charge in [0.2, 0.25) is 10.0 Å². The van der Waals surface area contributed by atoms with Crippen molar-refractivity contribution < 1.29 is 13.2 Å². The lowest BCUT2D eigenvalue weighted by molar-refractivity contribution is 0.357. The van der Waals surface area contributed by atoms with Crippen LogP contribution in [0.4, 0.5) is 0 Å². The standard InChI is InChI=1S/C15H23ClN2O3S/c1-11(14-9-12(16)6-7-15(14)21-2)17-10-13-5-4-8-18(13)22(3,19)20/h6-7,9,11,13,17H,4-5,8,10H2,1-3H3/t11?,13-/m1/s1. The van der Waals surface area contributed by atoms with E-state index in [2.05, 4.69) is 5.32 Å². The van der Waals surface area contributed by atoms with Crippen LogP contribution in [0, 0.1) is 0 Å². The summed E-state index contributed by atoms with van der Waals surface area (Å²) < 4.78 is 30.5. The van der Waals surface area contributed by atoms with E-state index in [0.717, 1.165) is 24.2 Å². The number of sulfonamides is 1. The molecule has 1 saturated heterocycles. The second-order valence-electron chi connectivity index (χ2n) is 5.69. The number of nitrogens with zero attached hydrogens (tertiary/aromatic N) is 1. The smallest absolute Gasteiger partial charge is 0.211 e. The van der Waals surface area contributed by atoms with Crippen molar-refractivity contribution in [3.05, 3.63) is 28.8 Å². The summed E-state index contributed by atoms with van der Waals surface area (Å²) in [5.74, 6) is 0.774. The van der Waals surface area contributed by atoms with Crippen LogP contribution in [0.25, 0.3) is 0 Å². The topological polar surface area (TPSA) is 58.6 Å². The zero-order chi connectivity index (χ0) is 16.3. The normalized spacial score (nSPS) is 21.0. The van der Waals surface area contributed by atoms with E-state index in [1.165, 1.54) is 6.26 Å². The summed E-state index contributed by atoms with van der Waals surface area (Å²) >= 11 is 6.06. The zero-order valence-electron chi connectivity index (χ0n) is 13.2. The highest BCUT2D eigenvalue weighted by Crippen LogP contribution is 2.28. The van der Waals surface area contributed by atoms with Gasteiger partial charge in [0.15, 0.2) is 0 Å². The molecule has 1 fully saturated rings. The molecule has 1 aliphatic rings. The highest BCUT2D eigenvalue weighted by Gasteiger charge is 2.31. The molecule has 0 saturated carbocycles. The maximum atomic E-state index is 11.8. The molecule has 2 rings (SSSR count). The van der Waals surface area contributed by atoms with E-state index in [0.29, 0.717) is 18.1 Å². The summed E-state index contributed by atoms with van der Waals surface area (Å²) in [6.07, 6.45) is 3.07. The molecule has 7 heteroatoms. The monoisotopic (exact) mass is 346 g/mol. The third-order valence-corrected chi connectivity index (χ3v) is 5.63. The van der Waals surface area contributed by atoms with Gasteiger partial charge in [0.05, 0.1) is 13.4 Å². The zero-order valence-corrected chi connectivity index (χ0v) is 14.7. The van der Waals surface area contributed by atoms with Gasteiger partial charge in [0.1, 0.15) is 5.75 Å². The molecule has 0 amide bonds. The maximum absolute atomic E-state index is 11.8. The van der Waals surface area contributed by atoms with Crippen LogP contribution in [0.1, 0.15) is 31.4 Å². The molecule has 22 heavy (non-hydrogen) atoms. The Bertz CT molecular complexity index is 621. The number of methoxy groups -OCH3 is 1. The first-order valence-corrected chi connectivity index (χ1v) is 9.59. The molecule has 0 radical (unpaired) electrons. The summed E-state index contributed by atoms with van der Waals surface area (Å²) in [6.45, 7) is 3.25. The Hall–Kier alpha value is -0.820. The van der Waals surface area contributed by atoms with Crippen molar-refractivity contribution >= 4 is 21.6 Å². The number of halogens is 1. The summed E-state index contributed by atoms with van der Waals surface area (Å²) in [6, 6.07) is 5.55. The van der Waals surface area contributed by atoms with Gasteiger partial charge in [-0.1, -0.05) is 11.6 Å². The summed E-state index contributed by atoms with van der Waals surface area (Å²) in [5.41, 5.74) is 0.971. The third-order valence-electron chi connectivity index (χ3n) is 4.07. The second-order valence-corrected chi connectivity index (χ2v) is 8.06. The first-order valence-electron chi connectivity index (χ1n) is 7.36. The molecule has 2 atom stereocenters. The number of rotatable bonds is 6. The van der Waals surface area contributed by atoms with Gasteiger partial charge in [-0.2, -0.15) is 4.31 Å². The van der Waals surface area contributed by atoms with Crippen molar-refractivity contribution in [3.63, 3.8) is 0 Å². The highest BCUT2D eigenvalue weighted by atomic mass is 35.5. The molecule has 1 unspecified atom stereocenters. The number of ether oxygens (including phenoxy) is 1. The summed E-state index contributed by atoms with van der Waals surface area (Å²) in [7, 11) is -1.51. The van der Waals surface area contributed by atoms with Crippen molar-refractivity contribution in [2.24, 2.45) is 0 Å². The van der Waals surface area contributed by atoms with Crippen LogP contribution in [0.5, 0.6) is 5.75 Å². The molecule has 0 aromatic heterocycles. The fourth-order valence-electron chi connectivity index (χ4n) is 2.92. The summed E-state index contributed by atoms with van der Waals surface area (Å²) in [5, 5.41) is 4.06. The SMILES string of the molecule is COc1ccc(Cl)cc1C(C)NC[C@H]1CCCN1S(C)(=O)=O. The van der Waals surface area contributed by atoms with Crippen LogP contribution in [-0.2, 0) is 10.0 Å². The van der Waals surface area contributed by atoms with Crippen LogP contribution < -0.4 is 10.1 Å². The Kier molecular flexibility index (Phi) is 5.71. The molecular weight excluding hydrogens is 324 g/mol. The fraction of sp³-hybridized carbons (Fsp3) is 0.600. The maximum Gasteiger partial charge on any atom is 0.211 e. The van der Waals surface area contributed by atoms with Crippen LogP contribution in [0.2, 0.25) is 5.02 Å². The Morgan fingerprint density at radius 1 is 1.50 bits per heavy atom. The minimum Gasteiger partial charge on any atom is -0.496 e. The number of hydrogen-bond donors (Lipinski definition) is 1. The largest absolute Gasteiger partial charge is 0.496 e. The van der Waals surface area contributed by atoms with E-state index < -0.39 is 10.0 Å². The van der Waals surface area contributed by atoms with Crippen LogP contribution in [0.3, 0.4) is 0 Å². The van der Waals surface area contributed by atoms with E-state index in [-0.39, 0.29) is 12.1 Å². The number of nitrogens with one attached hydrogen (secondary N) is 1. The lowest BCUT2D eigenvalue weighted by atomic mass is 10.1. The molecule has 1 N–H and O–H groups in total. The van der Waals surface area contributed by atoms with Gasteiger partial charge in [0, 0.05) is 35.8 Å². The van der Waals surface area contributed by atoms with Crippen molar-refractivity contribution in [1.82, 2.24) is 9.62 Å². The Morgan fingerprint density at radius 2 is 2.23 bits per heavy atom. The average Bonchev–Trinajstić information content (AvgIpc) is 2.93. The van der Waals surface area contributed by atoms with E-state index >= 15 is 0 Å². The lowest BCUT2D eigenvalue weighted by Gasteiger charge is -2.25. The van der Waals surface area contributed by atoms with E-state index in [9.17, 15) is 8.42 Å². The highest BCUT2D eigenvalue weighted by molar-refractivity contribution is 7.88. The van der Waals surface area contributed by atoms with Gasteiger partial charge in [0.25, 0.3) is 0 Å². The molecule has 1 heterocycles. The van der Waals surface area contributed by atoms with E-state index in [1.807, 2.05) is 19.1 Å². The van der Waals surface area contributed by atoms with Crippen molar-refractivity contribution in [1.29, 1.82) is 0 Å². The van der Waals surface area contributed by atoms with Crippen LogP contribution in [0.15, 0.2) is 18.2 Å². The van der Waals surface area contributed by atoms with E-state index in [4.69, 9.17) is 16.3 Å². The molecule has 124 valence electrons. The van der Waals surface area contributed by atoms with Crippen molar-refractivity contribution in [3.8, 4) is 5.75 Å². The van der Waals surface area contributed by atoms with Crippen molar-refractivity contribution in [2.45, 2.75) is 31.8 Å². The first kappa shape index (κ1) is 17.5. The van der Waals surface area contributed by atoms with Gasteiger partial charge in [-0.25, -0.2) is 8.42 Å². The van der Waals surface area contributed by atoms with Gasteiger partial charge in [-0.3, -0.25) is 0 Å². The second kappa shape index (κ2) is 7.17. The molecule has 0 bridgehead atoms. The van der Waals surface area contributed by atoms with Gasteiger partial charge in [-0.15, -0.1) is 0 Å². The number of benzene rings is 1. The lowest BCUT2D eigenvalue weighted by Crippen LogP contribution is -2.41. The van der Waals surface area contributed by atoms with Gasteiger partial charge < -0.3 is 10.1 Å². The molecule has 0 aliphatic carbocycles. The van der Waals surface area contributed by atoms with Gasteiger partial charge in [-0.05, 0) is 38.0 Å². The molecule has 1 aliphatic heterocycles. The first-order chi connectivity index (χ1) is 10.3. The van der Waals surface area contributed by atoms with Gasteiger partial charge >= 0.3 is 0 Å². The molecular formula is C15H23ClN2O3S. The summed E-state index contributed by atoms with van der Waals surface area (Å²) in [4.78, 5) is 0. The number of hydrogen-bond acceptors (Lipinski definition) is 4.